The molecule has 0 unspecified atom stereocenters. The van der Waals surface area contributed by atoms with Crippen molar-refractivity contribution in [2.45, 2.75) is 19.8 Å². The molecule has 3 rings (SSSR count). The Morgan fingerprint density at radius 2 is 1.76 bits per heavy atom. The third-order valence-electron chi connectivity index (χ3n) is 4.70. The van der Waals surface area contributed by atoms with Gasteiger partial charge in [0.25, 0.3) is 5.91 Å². The molecule has 5 nitrogen and oxygen atoms in total. The van der Waals surface area contributed by atoms with Gasteiger partial charge in [-0.05, 0) is 31.9 Å². The molecule has 1 aromatic heterocycles. The largest absolute Gasteiger partial charge is 0.469 e. The lowest BCUT2D eigenvalue weighted by molar-refractivity contribution is -0.146. The maximum absolute atomic E-state index is 12.8. The first kappa shape index (κ1) is 17.1. The first-order chi connectivity index (χ1) is 12.1. The predicted molar refractivity (Wildman–Crippen MR) is 95.1 cm³/mol. The highest BCUT2D eigenvalue weighted by molar-refractivity contribution is 5.95. The van der Waals surface area contributed by atoms with Gasteiger partial charge in [0.15, 0.2) is 0 Å². The summed E-state index contributed by atoms with van der Waals surface area (Å²) >= 11 is 0. The minimum absolute atomic E-state index is 0.0204. The van der Waals surface area contributed by atoms with Crippen LogP contribution in [0.15, 0.2) is 42.5 Å². The van der Waals surface area contributed by atoms with Gasteiger partial charge in [0.1, 0.15) is 0 Å². The van der Waals surface area contributed by atoms with Gasteiger partial charge in [0.2, 0.25) is 0 Å². The van der Waals surface area contributed by atoms with Crippen molar-refractivity contribution in [3.8, 4) is 11.3 Å². The second-order valence-electron chi connectivity index (χ2n) is 6.29. The van der Waals surface area contributed by atoms with E-state index in [1.54, 1.807) is 4.90 Å². The number of likely N-dealkylation sites (tertiary alicyclic amines) is 1. The van der Waals surface area contributed by atoms with Gasteiger partial charge in [0.05, 0.1) is 30.0 Å². The number of carbonyl (C=O) groups excluding carboxylic acids is 2. The van der Waals surface area contributed by atoms with Crippen LogP contribution >= 0.6 is 0 Å². The molecule has 0 bridgehead atoms. The number of methoxy groups -OCH3 is 1. The molecule has 1 aliphatic rings. The lowest BCUT2D eigenvalue weighted by Gasteiger charge is -2.31. The summed E-state index contributed by atoms with van der Waals surface area (Å²) in [6, 6.07) is 13.6. The molecule has 0 radical (unpaired) electrons. The Bertz CT molecular complexity index is 766. The molecule has 0 atom stereocenters. The van der Waals surface area contributed by atoms with E-state index in [9.17, 15) is 9.59 Å². The molecular weight excluding hydrogens is 316 g/mol. The number of aromatic nitrogens is 1. The highest BCUT2D eigenvalue weighted by Gasteiger charge is 2.29. The highest BCUT2D eigenvalue weighted by atomic mass is 16.5. The zero-order valence-electron chi connectivity index (χ0n) is 14.6. The maximum Gasteiger partial charge on any atom is 0.308 e. The molecule has 5 heteroatoms. The Hall–Kier alpha value is -2.69. The standard InChI is InChI=1S/C20H22N2O3/c1-14-17(8-9-18(21-14)15-6-4-3-5-7-15)19(23)22-12-10-16(11-13-22)20(24)25-2/h3-9,16H,10-13H2,1-2H3. The summed E-state index contributed by atoms with van der Waals surface area (Å²) in [5, 5.41) is 0. The van der Waals surface area contributed by atoms with Crippen LogP contribution in [0.2, 0.25) is 0 Å². The molecular formula is C20H22N2O3. The monoisotopic (exact) mass is 338 g/mol. The van der Waals surface area contributed by atoms with Crippen LogP contribution in [-0.4, -0.2) is 42.0 Å². The van der Waals surface area contributed by atoms with Gasteiger partial charge in [0, 0.05) is 18.7 Å². The number of esters is 1. The van der Waals surface area contributed by atoms with E-state index in [4.69, 9.17) is 4.74 Å². The first-order valence-corrected chi connectivity index (χ1v) is 8.50. The van der Waals surface area contributed by atoms with E-state index in [0.29, 0.717) is 31.5 Å². The zero-order chi connectivity index (χ0) is 17.8. The van der Waals surface area contributed by atoms with E-state index >= 15 is 0 Å². The molecule has 1 saturated heterocycles. The van der Waals surface area contributed by atoms with Crippen LogP contribution in [-0.2, 0) is 9.53 Å². The Balaban J connectivity index is 1.72. The van der Waals surface area contributed by atoms with Crippen molar-refractivity contribution in [2.75, 3.05) is 20.2 Å². The molecule has 2 aromatic rings. The van der Waals surface area contributed by atoms with Crippen molar-refractivity contribution >= 4 is 11.9 Å². The van der Waals surface area contributed by atoms with Gasteiger partial charge in [-0.25, -0.2) is 0 Å². The van der Waals surface area contributed by atoms with E-state index in [-0.39, 0.29) is 17.8 Å². The molecule has 0 saturated carbocycles. The summed E-state index contributed by atoms with van der Waals surface area (Å²) in [5.74, 6) is -0.307. The average Bonchev–Trinajstić information content (AvgIpc) is 2.67. The quantitative estimate of drug-likeness (QED) is 0.807. The van der Waals surface area contributed by atoms with Gasteiger partial charge < -0.3 is 9.64 Å². The Morgan fingerprint density at radius 1 is 1.08 bits per heavy atom. The van der Waals surface area contributed by atoms with E-state index in [1.807, 2.05) is 49.4 Å². The Labute approximate surface area is 147 Å². The number of benzene rings is 1. The lowest BCUT2D eigenvalue weighted by atomic mass is 9.96. The van der Waals surface area contributed by atoms with E-state index in [1.165, 1.54) is 7.11 Å². The second-order valence-corrected chi connectivity index (χ2v) is 6.29. The number of hydrogen-bond donors (Lipinski definition) is 0. The number of piperidine rings is 1. The van der Waals surface area contributed by atoms with Gasteiger partial charge in [-0.3, -0.25) is 14.6 Å². The molecule has 1 aliphatic heterocycles. The fraction of sp³-hybridized carbons (Fsp3) is 0.350. The minimum Gasteiger partial charge on any atom is -0.469 e. The molecule has 1 aromatic carbocycles. The zero-order valence-corrected chi connectivity index (χ0v) is 14.6. The fourth-order valence-electron chi connectivity index (χ4n) is 3.21. The molecule has 0 N–H and O–H groups in total. The Morgan fingerprint density at radius 3 is 2.36 bits per heavy atom. The lowest BCUT2D eigenvalue weighted by Crippen LogP contribution is -2.40. The Kier molecular flexibility index (Phi) is 5.12. The fourth-order valence-corrected chi connectivity index (χ4v) is 3.21. The number of pyridine rings is 1. The number of rotatable bonds is 3. The summed E-state index contributed by atoms with van der Waals surface area (Å²) < 4.78 is 4.79. The molecule has 130 valence electrons. The molecule has 2 heterocycles. The molecule has 25 heavy (non-hydrogen) atoms. The summed E-state index contributed by atoms with van der Waals surface area (Å²) in [6.07, 6.45) is 1.29. The van der Waals surface area contributed by atoms with Crippen molar-refractivity contribution in [3.63, 3.8) is 0 Å². The summed E-state index contributed by atoms with van der Waals surface area (Å²) in [6.45, 7) is 3.00. The van der Waals surface area contributed by atoms with Crippen LogP contribution in [0.25, 0.3) is 11.3 Å². The number of carbonyl (C=O) groups is 2. The van der Waals surface area contributed by atoms with Crippen LogP contribution in [0, 0.1) is 12.8 Å². The topological polar surface area (TPSA) is 59.5 Å². The van der Waals surface area contributed by atoms with Crippen LogP contribution in [0.4, 0.5) is 0 Å². The van der Waals surface area contributed by atoms with Gasteiger partial charge in [-0.15, -0.1) is 0 Å². The summed E-state index contributed by atoms with van der Waals surface area (Å²) in [4.78, 5) is 30.8. The summed E-state index contributed by atoms with van der Waals surface area (Å²) in [5.41, 5.74) is 3.24. The maximum atomic E-state index is 12.8. The van der Waals surface area contributed by atoms with Crippen LogP contribution in [0.1, 0.15) is 28.9 Å². The van der Waals surface area contributed by atoms with Crippen molar-refractivity contribution < 1.29 is 14.3 Å². The number of amides is 1. The van der Waals surface area contributed by atoms with Crippen molar-refractivity contribution in [2.24, 2.45) is 5.92 Å². The minimum atomic E-state index is -0.183. The number of ether oxygens (including phenoxy) is 1. The van der Waals surface area contributed by atoms with Gasteiger partial charge in [-0.1, -0.05) is 30.3 Å². The third kappa shape index (κ3) is 3.71. The SMILES string of the molecule is COC(=O)C1CCN(C(=O)c2ccc(-c3ccccc3)nc2C)CC1. The number of hydrogen-bond acceptors (Lipinski definition) is 4. The van der Waals surface area contributed by atoms with Crippen molar-refractivity contribution in [1.29, 1.82) is 0 Å². The van der Waals surface area contributed by atoms with E-state index < -0.39 is 0 Å². The molecule has 1 fully saturated rings. The normalized spacial score (nSPS) is 15.0. The summed E-state index contributed by atoms with van der Waals surface area (Å²) in [7, 11) is 1.41. The van der Waals surface area contributed by atoms with Crippen LogP contribution in [0.3, 0.4) is 0 Å². The number of aryl methyl sites for hydroxylation is 1. The molecule has 1 amide bonds. The van der Waals surface area contributed by atoms with Gasteiger partial charge >= 0.3 is 5.97 Å². The third-order valence-corrected chi connectivity index (χ3v) is 4.70. The smallest absolute Gasteiger partial charge is 0.308 e. The highest BCUT2D eigenvalue weighted by Crippen LogP contribution is 2.23. The number of nitrogens with zero attached hydrogens (tertiary/aromatic N) is 2. The van der Waals surface area contributed by atoms with E-state index in [2.05, 4.69) is 4.98 Å². The second kappa shape index (κ2) is 7.47. The predicted octanol–water partition coefficient (Wildman–Crippen LogP) is 3.08. The first-order valence-electron chi connectivity index (χ1n) is 8.50. The molecule has 0 aliphatic carbocycles. The van der Waals surface area contributed by atoms with Crippen LogP contribution < -0.4 is 0 Å². The average molecular weight is 338 g/mol. The van der Waals surface area contributed by atoms with Crippen LogP contribution in [0.5, 0.6) is 0 Å². The van der Waals surface area contributed by atoms with Crippen molar-refractivity contribution in [3.05, 3.63) is 53.7 Å². The molecule has 0 spiro atoms. The van der Waals surface area contributed by atoms with Gasteiger partial charge in [-0.2, -0.15) is 0 Å². The van der Waals surface area contributed by atoms with Crippen molar-refractivity contribution in [1.82, 2.24) is 9.88 Å². The van der Waals surface area contributed by atoms with E-state index in [0.717, 1.165) is 17.0 Å².